The molecule has 1 unspecified atom stereocenters. The summed E-state index contributed by atoms with van der Waals surface area (Å²) in [4.78, 5) is 10.7. The number of rotatable bonds is 15. The van der Waals surface area contributed by atoms with Gasteiger partial charge < -0.3 is 19.3 Å². The predicted octanol–water partition coefficient (Wildman–Crippen LogP) is 4.57. The monoisotopic (exact) mass is 477 g/mol. The predicted molar refractivity (Wildman–Crippen MR) is 133 cm³/mol. The highest BCUT2D eigenvalue weighted by molar-refractivity contribution is 5.15. The van der Waals surface area contributed by atoms with E-state index in [1.54, 1.807) is 6.08 Å². The highest BCUT2D eigenvalue weighted by Gasteiger charge is 2.38. The molecule has 0 aliphatic rings. The second-order valence-corrected chi connectivity index (χ2v) is 8.10. The lowest BCUT2D eigenvalue weighted by atomic mass is 10.0. The van der Waals surface area contributed by atoms with Crippen LogP contribution in [0, 0.1) is 10.1 Å². The second kappa shape index (κ2) is 14.1. The van der Waals surface area contributed by atoms with E-state index in [2.05, 4.69) is 6.58 Å². The van der Waals surface area contributed by atoms with Crippen molar-refractivity contribution in [2.45, 2.75) is 44.2 Å². The number of ether oxygens (including phenoxy) is 3. The van der Waals surface area contributed by atoms with Gasteiger partial charge in [-0.15, -0.1) is 6.58 Å². The van der Waals surface area contributed by atoms with E-state index in [0.717, 1.165) is 16.7 Å². The first-order valence-corrected chi connectivity index (χ1v) is 11.5. The zero-order chi connectivity index (χ0) is 24.9. The molecule has 35 heavy (non-hydrogen) atoms. The molecular weight excluding hydrogens is 446 g/mol. The zero-order valence-electron chi connectivity index (χ0n) is 19.5. The Labute approximate surface area is 205 Å². The lowest BCUT2D eigenvalue weighted by Crippen LogP contribution is -2.50. The third kappa shape index (κ3) is 8.73. The molecular formula is C28H31NO6. The minimum atomic E-state index is -1.42. The molecule has 0 aliphatic carbocycles. The van der Waals surface area contributed by atoms with Crippen LogP contribution in [0.5, 0.6) is 0 Å². The normalized spacial score (nSPS) is 14.5. The quantitative estimate of drug-likeness (QED) is 0.196. The van der Waals surface area contributed by atoms with Crippen LogP contribution in [0.4, 0.5) is 0 Å². The Morgan fingerprint density at radius 3 is 1.54 bits per heavy atom. The van der Waals surface area contributed by atoms with Crippen molar-refractivity contribution < 1.29 is 24.2 Å². The largest absolute Gasteiger partial charge is 0.383 e. The van der Waals surface area contributed by atoms with Crippen molar-refractivity contribution in [3.8, 4) is 0 Å². The molecule has 3 aromatic rings. The Balaban J connectivity index is 1.84. The van der Waals surface area contributed by atoms with Crippen LogP contribution in [-0.2, 0) is 34.0 Å². The summed E-state index contributed by atoms with van der Waals surface area (Å²) in [7, 11) is 0. The van der Waals surface area contributed by atoms with E-state index in [-0.39, 0.29) is 19.8 Å². The molecule has 0 radical (unpaired) electrons. The number of aliphatic hydroxyl groups excluding tert-OH is 1. The third-order valence-corrected chi connectivity index (χ3v) is 5.45. The van der Waals surface area contributed by atoms with Gasteiger partial charge in [0.1, 0.15) is 24.4 Å². The fourth-order valence-electron chi connectivity index (χ4n) is 3.66. The summed E-state index contributed by atoms with van der Waals surface area (Å²) in [6, 6.07) is 28.6. The van der Waals surface area contributed by atoms with Crippen molar-refractivity contribution in [2.75, 3.05) is 6.54 Å². The number of nitro groups is 1. The van der Waals surface area contributed by atoms with E-state index < -0.39 is 35.9 Å². The minimum Gasteiger partial charge on any atom is -0.383 e. The van der Waals surface area contributed by atoms with Crippen molar-refractivity contribution in [3.05, 3.63) is 130 Å². The molecule has 4 atom stereocenters. The number of hydrogen-bond acceptors (Lipinski definition) is 6. The Morgan fingerprint density at radius 2 is 1.14 bits per heavy atom. The van der Waals surface area contributed by atoms with Gasteiger partial charge >= 0.3 is 0 Å². The van der Waals surface area contributed by atoms with Gasteiger partial charge in [-0.2, -0.15) is 0 Å². The van der Waals surface area contributed by atoms with E-state index in [4.69, 9.17) is 14.2 Å². The molecule has 0 aliphatic heterocycles. The van der Waals surface area contributed by atoms with Gasteiger partial charge in [0.15, 0.2) is 0 Å². The molecule has 3 rings (SSSR count). The van der Waals surface area contributed by atoms with Crippen molar-refractivity contribution in [2.24, 2.45) is 0 Å². The lowest BCUT2D eigenvalue weighted by Gasteiger charge is -2.34. The molecule has 7 nitrogen and oxygen atoms in total. The summed E-state index contributed by atoms with van der Waals surface area (Å²) in [6.07, 6.45) is -2.42. The van der Waals surface area contributed by atoms with Crippen LogP contribution in [0.15, 0.2) is 104 Å². The topological polar surface area (TPSA) is 91.1 Å². The Morgan fingerprint density at radius 1 is 0.743 bits per heavy atom. The summed E-state index contributed by atoms with van der Waals surface area (Å²) < 4.78 is 18.4. The average molecular weight is 478 g/mol. The fraction of sp³-hybridized carbons (Fsp3) is 0.286. The Bertz CT molecular complexity index is 1020. The molecule has 0 bridgehead atoms. The highest BCUT2D eigenvalue weighted by Crippen LogP contribution is 2.22. The van der Waals surface area contributed by atoms with Gasteiger partial charge in [-0.25, -0.2) is 0 Å². The molecule has 7 heteroatoms. The summed E-state index contributed by atoms with van der Waals surface area (Å²) in [5.41, 5.74) is 2.73. The smallest absolute Gasteiger partial charge is 0.232 e. The number of hydrogen-bond donors (Lipinski definition) is 1. The van der Waals surface area contributed by atoms with Gasteiger partial charge in [-0.05, 0) is 16.7 Å². The molecule has 0 heterocycles. The van der Waals surface area contributed by atoms with Crippen molar-refractivity contribution >= 4 is 0 Å². The van der Waals surface area contributed by atoms with Gasteiger partial charge in [-0.1, -0.05) is 97.1 Å². The second-order valence-electron chi connectivity index (χ2n) is 8.10. The minimum absolute atomic E-state index is 0.147. The standard InChI is InChI=1S/C28H31NO6/c1-2-26(33-19-22-12-6-3-7-13-22)28(35-21-24-16-10-5-11-17-24)27(25(30)18-29(31)32)34-20-23-14-8-4-9-15-23/h2-17,25-28,30H,1,18-21H2/t25?,26-,27+,28+/m1/s1. The molecule has 1 N–H and O–H groups in total. The average Bonchev–Trinajstić information content (AvgIpc) is 2.88. The maximum Gasteiger partial charge on any atom is 0.232 e. The van der Waals surface area contributed by atoms with Crippen LogP contribution in [0.2, 0.25) is 0 Å². The van der Waals surface area contributed by atoms with E-state index in [0.29, 0.717) is 0 Å². The van der Waals surface area contributed by atoms with Crippen LogP contribution in [0.1, 0.15) is 16.7 Å². The first-order valence-electron chi connectivity index (χ1n) is 11.5. The van der Waals surface area contributed by atoms with E-state index in [1.807, 2.05) is 91.0 Å². The fourth-order valence-corrected chi connectivity index (χ4v) is 3.66. The Hall–Kier alpha value is -3.36. The van der Waals surface area contributed by atoms with Crippen molar-refractivity contribution in [1.29, 1.82) is 0 Å². The van der Waals surface area contributed by atoms with Crippen LogP contribution in [0.3, 0.4) is 0 Å². The van der Waals surface area contributed by atoms with E-state index >= 15 is 0 Å². The van der Waals surface area contributed by atoms with Crippen LogP contribution >= 0.6 is 0 Å². The van der Waals surface area contributed by atoms with E-state index in [9.17, 15) is 15.2 Å². The van der Waals surface area contributed by atoms with Crippen molar-refractivity contribution in [3.63, 3.8) is 0 Å². The Kier molecular flexibility index (Phi) is 10.6. The summed E-state index contributed by atoms with van der Waals surface area (Å²) >= 11 is 0. The zero-order valence-corrected chi connectivity index (χ0v) is 19.5. The number of aliphatic hydroxyl groups is 1. The molecule has 0 amide bonds. The first-order chi connectivity index (χ1) is 17.1. The molecule has 184 valence electrons. The van der Waals surface area contributed by atoms with Crippen molar-refractivity contribution in [1.82, 2.24) is 0 Å². The summed E-state index contributed by atoms with van der Waals surface area (Å²) in [5.74, 6) is 0. The molecule has 0 saturated carbocycles. The molecule has 0 spiro atoms. The van der Waals surface area contributed by atoms with E-state index in [1.165, 1.54) is 0 Å². The SMILES string of the molecule is C=C[C@@H](OCc1ccccc1)[C@H](OCc1ccccc1)[C@@H](OCc1ccccc1)C(O)C[N+](=O)[O-]. The molecule has 0 saturated heterocycles. The van der Waals surface area contributed by atoms with Crippen LogP contribution < -0.4 is 0 Å². The lowest BCUT2D eigenvalue weighted by molar-refractivity contribution is -0.494. The van der Waals surface area contributed by atoms with Gasteiger partial charge in [0.05, 0.1) is 19.8 Å². The third-order valence-electron chi connectivity index (χ3n) is 5.45. The summed E-state index contributed by atoms with van der Waals surface area (Å²) in [6.45, 7) is 3.84. The molecule has 0 aromatic heterocycles. The first kappa shape index (κ1) is 26.2. The molecule has 0 fully saturated rings. The van der Waals surface area contributed by atoms with Gasteiger partial charge in [-0.3, -0.25) is 10.1 Å². The summed E-state index contributed by atoms with van der Waals surface area (Å²) in [5, 5.41) is 22.1. The van der Waals surface area contributed by atoms with Gasteiger partial charge in [0, 0.05) is 4.92 Å². The molecule has 3 aromatic carbocycles. The highest BCUT2D eigenvalue weighted by atomic mass is 16.6. The maximum atomic E-state index is 11.2. The van der Waals surface area contributed by atoms with Crippen LogP contribution in [0.25, 0.3) is 0 Å². The maximum absolute atomic E-state index is 11.2. The number of nitrogens with zero attached hydrogens (tertiary/aromatic N) is 1. The van der Waals surface area contributed by atoms with Crippen LogP contribution in [-0.4, -0.2) is 41.0 Å². The van der Waals surface area contributed by atoms with Gasteiger partial charge in [0.25, 0.3) is 0 Å². The number of benzene rings is 3. The van der Waals surface area contributed by atoms with Gasteiger partial charge in [0.2, 0.25) is 6.54 Å².